The van der Waals surface area contributed by atoms with Gasteiger partial charge >= 0.3 is 0 Å². The lowest BCUT2D eigenvalue weighted by Crippen LogP contribution is -2.48. The van der Waals surface area contributed by atoms with Crippen LogP contribution < -0.4 is 0 Å². The molecule has 0 saturated carbocycles. The number of hydrogen-bond donors (Lipinski definition) is 2. The number of allylic oxidation sites excluding steroid dienone is 2. The van der Waals surface area contributed by atoms with Gasteiger partial charge in [-0.3, -0.25) is 10.5 Å². The lowest BCUT2D eigenvalue weighted by molar-refractivity contribution is -0.379. The van der Waals surface area contributed by atoms with Crippen molar-refractivity contribution in [1.29, 1.82) is 0 Å². The van der Waals surface area contributed by atoms with Crippen molar-refractivity contribution in [3.8, 4) is 0 Å². The van der Waals surface area contributed by atoms with E-state index in [1.54, 1.807) is 12.2 Å². The molecular formula is C12H20O4. The van der Waals surface area contributed by atoms with Gasteiger partial charge in [-0.2, -0.15) is 0 Å². The maximum atomic E-state index is 9.07. The molecule has 0 saturated heterocycles. The lowest BCUT2D eigenvalue weighted by Gasteiger charge is -2.37. The predicted molar refractivity (Wildman–Crippen MR) is 60.8 cm³/mol. The van der Waals surface area contributed by atoms with Crippen molar-refractivity contribution in [3.63, 3.8) is 0 Å². The van der Waals surface area contributed by atoms with E-state index in [0.29, 0.717) is 5.92 Å². The van der Waals surface area contributed by atoms with Crippen molar-refractivity contribution in [2.24, 2.45) is 11.8 Å². The highest BCUT2D eigenvalue weighted by Crippen LogP contribution is 2.35. The highest BCUT2D eigenvalue weighted by atomic mass is 17.1. The second-order valence-electron chi connectivity index (χ2n) is 4.78. The molecule has 4 nitrogen and oxygen atoms in total. The normalized spacial score (nSPS) is 30.0. The van der Waals surface area contributed by atoms with E-state index in [4.69, 9.17) is 10.5 Å². The Hall–Kier alpha value is -0.680. The van der Waals surface area contributed by atoms with E-state index in [-0.39, 0.29) is 5.92 Å². The first-order chi connectivity index (χ1) is 7.47. The van der Waals surface area contributed by atoms with E-state index >= 15 is 0 Å². The number of rotatable bonds is 4. The molecule has 0 radical (unpaired) electrons. The second-order valence-corrected chi connectivity index (χ2v) is 4.78. The van der Waals surface area contributed by atoms with Crippen LogP contribution in [0.2, 0.25) is 0 Å². The van der Waals surface area contributed by atoms with Crippen LogP contribution >= 0.6 is 0 Å². The Labute approximate surface area is 96.0 Å². The fourth-order valence-corrected chi connectivity index (χ4v) is 1.89. The minimum absolute atomic E-state index is 0.0316. The Morgan fingerprint density at radius 2 is 1.88 bits per heavy atom. The predicted octanol–water partition coefficient (Wildman–Crippen LogP) is 2.88. The molecule has 92 valence electrons. The monoisotopic (exact) mass is 228 g/mol. The summed E-state index contributed by atoms with van der Waals surface area (Å²) in [7, 11) is 0. The molecule has 0 aromatic carbocycles. The Balaban J connectivity index is 3.05. The van der Waals surface area contributed by atoms with Gasteiger partial charge in [-0.05, 0) is 29.6 Å². The molecule has 1 rings (SSSR count). The first-order valence-electron chi connectivity index (χ1n) is 5.51. The van der Waals surface area contributed by atoms with Crippen LogP contribution in [0.15, 0.2) is 23.8 Å². The molecule has 0 spiro atoms. The molecular weight excluding hydrogens is 208 g/mol. The van der Waals surface area contributed by atoms with Gasteiger partial charge in [-0.1, -0.05) is 33.8 Å². The molecule has 0 fully saturated rings. The van der Waals surface area contributed by atoms with Gasteiger partial charge in [0, 0.05) is 0 Å². The van der Waals surface area contributed by atoms with Crippen molar-refractivity contribution in [3.05, 3.63) is 23.8 Å². The third-order valence-corrected chi connectivity index (χ3v) is 3.17. The molecule has 0 heterocycles. The summed E-state index contributed by atoms with van der Waals surface area (Å²) >= 11 is 0. The summed E-state index contributed by atoms with van der Waals surface area (Å²) in [6, 6.07) is 0. The smallest absolute Gasteiger partial charge is 0.157 e. The average molecular weight is 228 g/mol. The summed E-state index contributed by atoms with van der Waals surface area (Å²) in [4.78, 5) is 8.98. The molecule has 0 bridgehead atoms. The maximum Gasteiger partial charge on any atom is 0.157 e. The van der Waals surface area contributed by atoms with E-state index in [0.717, 1.165) is 5.57 Å². The van der Waals surface area contributed by atoms with Crippen LogP contribution in [-0.4, -0.2) is 22.2 Å². The van der Waals surface area contributed by atoms with Crippen LogP contribution in [0.25, 0.3) is 0 Å². The molecule has 4 heteroatoms. The molecule has 1 aliphatic carbocycles. The van der Waals surface area contributed by atoms with Crippen molar-refractivity contribution >= 4 is 0 Å². The summed E-state index contributed by atoms with van der Waals surface area (Å²) < 4.78 is 0. The van der Waals surface area contributed by atoms with Gasteiger partial charge in [0.2, 0.25) is 0 Å². The third-order valence-electron chi connectivity index (χ3n) is 3.17. The Kier molecular flexibility index (Phi) is 4.27. The second kappa shape index (κ2) is 5.10. The van der Waals surface area contributed by atoms with Crippen molar-refractivity contribution in [2.75, 3.05) is 0 Å². The SMILES string of the molecule is CC(C)C1=CC(OO)C(OO)(C(C)C)C=C1. The largest absolute Gasteiger partial charge is 0.251 e. The van der Waals surface area contributed by atoms with Gasteiger partial charge < -0.3 is 0 Å². The molecule has 2 atom stereocenters. The van der Waals surface area contributed by atoms with Crippen LogP contribution in [0, 0.1) is 11.8 Å². The van der Waals surface area contributed by atoms with Gasteiger partial charge in [0.15, 0.2) is 5.60 Å². The Morgan fingerprint density at radius 1 is 1.25 bits per heavy atom. The molecule has 0 amide bonds. The Bertz CT molecular complexity index is 293. The summed E-state index contributed by atoms with van der Waals surface area (Å²) in [5.74, 6) is 0.300. The van der Waals surface area contributed by atoms with Crippen LogP contribution in [0.5, 0.6) is 0 Å². The summed E-state index contributed by atoms with van der Waals surface area (Å²) in [5, 5.41) is 18.0. The first-order valence-corrected chi connectivity index (χ1v) is 5.51. The summed E-state index contributed by atoms with van der Waals surface area (Å²) in [5.41, 5.74) is 0.0278. The fraction of sp³-hybridized carbons (Fsp3) is 0.667. The molecule has 1 aliphatic rings. The van der Waals surface area contributed by atoms with E-state index in [2.05, 4.69) is 9.78 Å². The zero-order valence-electron chi connectivity index (χ0n) is 10.2. The molecule has 2 N–H and O–H groups in total. The van der Waals surface area contributed by atoms with Crippen molar-refractivity contribution in [1.82, 2.24) is 0 Å². The van der Waals surface area contributed by atoms with Gasteiger partial charge in [-0.25, -0.2) is 9.78 Å². The van der Waals surface area contributed by atoms with Crippen LogP contribution in [0.3, 0.4) is 0 Å². The van der Waals surface area contributed by atoms with E-state index in [1.165, 1.54) is 0 Å². The van der Waals surface area contributed by atoms with Gasteiger partial charge in [0.25, 0.3) is 0 Å². The van der Waals surface area contributed by atoms with Crippen LogP contribution in [0.4, 0.5) is 0 Å². The minimum atomic E-state index is -1.02. The van der Waals surface area contributed by atoms with Crippen molar-refractivity contribution < 1.29 is 20.3 Å². The van der Waals surface area contributed by atoms with Crippen molar-refractivity contribution in [2.45, 2.75) is 39.4 Å². The highest BCUT2D eigenvalue weighted by molar-refractivity contribution is 5.33. The Morgan fingerprint density at radius 3 is 2.25 bits per heavy atom. The molecule has 0 aromatic heterocycles. The van der Waals surface area contributed by atoms with Crippen LogP contribution in [-0.2, 0) is 9.78 Å². The standard InChI is InChI=1S/C12H20O4/c1-8(2)10-5-6-12(16-14,9(3)4)11(7-10)15-13/h5-9,11,13-14H,1-4H3. The zero-order chi connectivity index (χ0) is 12.3. The molecule has 2 unspecified atom stereocenters. The van der Waals surface area contributed by atoms with E-state index in [1.807, 2.05) is 33.8 Å². The minimum Gasteiger partial charge on any atom is -0.251 e. The number of hydrogen-bond acceptors (Lipinski definition) is 4. The quantitative estimate of drug-likeness (QED) is 0.573. The van der Waals surface area contributed by atoms with Gasteiger partial charge in [0.05, 0.1) is 0 Å². The first kappa shape index (κ1) is 13.4. The maximum absolute atomic E-state index is 9.07. The van der Waals surface area contributed by atoms with Gasteiger partial charge in [-0.15, -0.1) is 0 Å². The average Bonchev–Trinajstić information content (AvgIpc) is 2.27. The molecule has 0 aliphatic heterocycles. The van der Waals surface area contributed by atoms with E-state index < -0.39 is 11.7 Å². The highest BCUT2D eigenvalue weighted by Gasteiger charge is 2.44. The summed E-state index contributed by atoms with van der Waals surface area (Å²) in [6.07, 6.45) is 4.73. The topological polar surface area (TPSA) is 58.9 Å². The molecule has 0 aromatic rings. The summed E-state index contributed by atoms with van der Waals surface area (Å²) in [6.45, 7) is 7.88. The third kappa shape index (κ3) is 2.20. The zero-order valence-corrected chi connectivity index (χ0v) is 10.2. The van der Waals surface area contributed by atoms with Crippen LogP contribution in [0.1, 0.15) is 27.7 Å². The molecule has 16 heavy (non-hydrogen) atoms. The lowest BCUT2D eigenvalue weighted by atomic mass is 9.79. The fourth-order valence-electron chi connectivity index (χ4n) is 1.89. The van der Waals surface area contributed by atoms with Gasteiger partial charge in [0.1, 0.15) is 6.10 Å². The van der Waals surface area contributed by atoms with E-state index in [9.17, 15) is 0 Å².